The Morgan fingerprint density at radius 3 is 2.75 bits per heavy atom. The molecule has 1 aromatic heterocycles. The number of hydrogen-bond acceptors (Lipinski definition) is 2. The van der Waals surface area contributed by atoms with Crippen LogP contribution in [0.1, 0.15) is 23.6 Å². The SMILES string of the molecule is NC(CCc1ccsc1)c1ccccc1Cl. The van der Waals surface area contributed by atoms with Gasteiger partial charge in [0.05, 0.1) is 0 Å². The lowest BCUT2D eigenvalue weighted by Gasteiger charge is -2.12. The molecule has 0 bridgehead atoms. The molecule has 0 spiro atoms. The van der Waals surface area contributed by atoms with Gasteiger partial charge in [-0.15, -0.1) is 0 Å². The first-order valence-corrected chi connectivity index (χ1v) is 6.60. The van der Waals surface area contributed by atoms with Gasteiger partial charge in [0.2, 0.25) is 0 Å². The molecule has 0 aliphatic rings. The normalized spacial score (nSPS) is 12.6. The Labute approximate surface area is 105 Å². The standard InChI is InChI=1S/C13H14ClNS/c14-12-4-2-1-3-11(12)13(15)6-5-10-7-8-16-9-10/h1-4,7-9,13H,5-6,15H2. The first-order valence-electron chi connectivity index (χ1n) is 5.28. The molecule has 16 heavy (non-hydrogen) atoms. The number of thiophene rings is 1. The van der Waals surface area contributed by atoms with E-state index in [2.05, 4.69) is 16.8 Å². The zero-order chi connectivity index (χ0) is 11.4. The third-order valence-electron chi connectivity index (χ3n) is 2.63. The molecule has 0 saturated carbocycles. The van der Waals surface area contributed by atoms with Crippen molar-refractivity contribution in [3.05, 3.63) is 57.2 Å². The summed E-state index contributed by atoms with van der Waals surface area (Å²) in [4.78, 5) is 0. The molecule has 1 aromatic carbocycles. The number of hydrogen-bond donors (Lipinski definition) is 1. The van der Waals surface area contributed by atoms with E-state index in [0.29, 0.717) is 0 Å². The van der Waals surface area contributed by atoms with E-state index < -0.39 is 0 Å². The summed E-state index contributed by atoms with van der Waals surface area (Å²) in [6, 6.07) is 9.96. The maximum Gasteiger partial charge on any atom is 0.0453 e. The molecule has 0 amide bonds. The number of aryl methyl sites for hydroxylation is 1. The largest absolute Gasteiger partial charge is 0.324 e. The topological polar surface area (TPSA) is 26.0 Å². The van der Waals surface area contributed by atoms with E-state index in [4.69, 9.17) is 17.3 Å². The van der Waals surface area contributed by atoms with Gasteiger partial charge >= 0.3 is 0 Å². The second-order valence-corrected chi connectivity index (χ2v) is 4.99. The Balaban J connectivity index is 1.98. The minimum absolute atomic E-state index is 0.0219. The van der Waals surface area contributed by atoms with E-state index in [1.807, 2.05) is 24.3 Å². The van der Waals surface area contributed by atoms with E-state index in [0.717, 1.165) is 23.4 Å². The van der Waals surface area contributed by atoms with Crippen molar-refractivity contribution in [2.45, 2.75) is 18.9 Å². The molecule has 1 atom stereocenters. The van der Waals surface area contributed by atoms with Crippen molar-refractivity contribution in [1.29, 1.82) is 0 Å². The smallest absolute Gasteiger partial charge is 0.0453 e. The second kappa shape index (κ2) is 5.48. The molecule has 0 saturated heterocycles. The van der Waals surface area contributed by atoms with Crippen LogP contribution in [0.2, 0.25) is 5.02 Å². The van der Waals surface area contributed by atoms with Gasteiger partial charge in [0, 0.05) is 11.1 Å². The van der Waals surface area contributed by atoms with Crippen LogP contribution < -0.4 is 5.73 Å². The third-order valence-corrected chi connectivity index (χ3v) is 3.71. The van der Waals surface area contributed by atoms with Gasteiger partial charge in [0.25, 0.3) is 0 Å². The van der Waals surface area contributed by atoms with Crippen LogP contribution in [0.4, 0.5) is 0 Å². The predicted molar refractivity (Wildman–Crippen MR) is 71.0 cm³/mol. The Bertz CT molecular complexity index is 439. The molecule has 0 radical (unpaired) electrons. The summed E-state index contributed by atoms with van der Waals surface area (Å²) in [5.74, 6) is 0. The highest BCUT2D eigenvalue weighted by atomic mass is 35.5. The number of benzene rings is 1. The third kappa shape index (κ3) is 2.85. The quantitative estimate of drug-likeness (QED) is 0.872. The monoisotopic (exact) mass is 251 g/mol. The Kier molecular flexibility index (Phi) is 3.99. The van der Waals surface area contributed by atoms with Crippen LogP contribution in [0, 0.1) is 0 Å². The van der Waals surface area contributed by atoms with Gasteiger partial charge in [-0.3, -0.25) is 0 Å². The van der Waals surface area contributed by atoms with Crippen molar-refractivity contribution in [2.24, 2.45) is 5.73 Å². The highest BCUT2D eigenvalue weighted by Crippen LogP contribution is 2.24. The van der Waals surface area contributed by atoms with Gasteiger partial charge in [0.15, 0.2) is 0 Å². The molecular formula is C13H14ClNS. The fourth-order valence-corrected chi connectivity index (χ4v) is 2.67. The summed E-state index contributed by atoms with van der Waals surface area (Å²) >= 11 is 7.83. The fourth-order valence-electron chi connectivity index (χ4n) is 1.69. The lowest BCUT2D eigenvalue weighted by atomic mass is 10.0. The van der Waals surface area contributed by atoms with Crippen LogP contribution >= 0.6 is 22.9 Å². The van der Waals surface area contributed by atoms with Gasteiger partial charge in [0.1, 0.15) is 0 Å². The second-order valence-electron chi connectivity index (χ2n) is 3.80. The average molecular weight is 252 g/mol. The molecular weight excluding hydrogens is 238 g/mol. The van der Waals surface area contributed by atoms with Crippen molar-refractivity contribution in [1.82, 2.24) is 0 Å². The van der Waals surface area contributed by atoms with Crippen molar-refractivity contribution in [3.63, 3.8) is 0 Å². The van der Waals surface area contributed by atoms with Gasteiger partial charge in [-0.2, -0.15) is 11.3 Å². The van der Waals surface area contributed by atoms with Crippen molar-refractivity contribution < 1.29 is 0 Å². The van der Waals surface area contributed by atoms with Gasteiger partial charge in [-0.25, -0.2) is 0 Å². The van der Waals surface area contributed by atoms with Crippen LogP contribution in [0.3, 0.4) is 0 Å². The summed E-state index contributed by atoms with van der Waals surface area (Å²) in [5.41, 5.74) is 8.53. The maximum atomic E-state index is 6.13. The predicted octanol–water partition coefficient (Wildman–Crippen LogP) is 4.03. The molecule has 3 heteroatoms. The molecule has 2 aromatic rings. The minimum Gasteiger partial charge on any atom is -0.324 e. The molecule has 2 N–H and O–H groups in total. The number of rotatable bonds is 4. The molecule has 1 heterocycles. The zero-order valence-corrected chi connectivity index (χ0v) is 10.5. The number of halogens is 1. The summed E-state index contributed by atoms with van der Waals surface area (Å²) in [5, 5.41) is 5.02. The van der Waals surface area contributed by atoms with Crippen molar-refractivity contribution in [3.8, 4) is 0 Å². The summed E-state index contributed by atoms with van der Waals surface area (Å²) in [6.07, 6.45) is 1.94. The molecule has 0 aliphatic heterocycles. The maximum absolute atomic E-state index is 6.13. The molecule has 0 aliphatic carbocycles. The van der Waals surface area contributed by atoms with Gasteiger partial charge in [-0.05, 0) is 46.9 Å². The van der Waals surface area contributed by atoms with Crippen molar-refractivity contribution in [2.75, 3.05) is 0 Å². The lowest BCUT2D eigenvalue weighted by molar-refractivity contribution is 0.652. The minimum atomic E-state index is 0.0219. The van der Waals surface area contributed by atoms with Crippen LogP contribution in [-0.2, 0) is 6.42 Å². The van der Waals surface area contributed by atoms with E-state index >= 15 is 0 Å². The first-order chi connectivity index (χ1) is 7.77. The van der Waals surface area contributed by atoms with E-state index in [1.54, 1.807) is 11.3 Å². The van der Waals surface area contributed by atoms with Crippen molar-refractivity contribution >= 4 is 22.9 Å². The van der Waals surface area contributed by atoms with Crippen LogP contribution in [-0.4, -0.2) is 0 Å². The van der Waals surface area contributed by atoms with Crippen LogP contribution in [0.25, 0.3) is 0 Å². The molecule has 1 nitrogen and oxygen atoms in total. The molecule has 1 unspecified atom stereocenters. The Morgan fingerprint density at radius 1 is 1.25 bits per heavy atom. The van der Waals surface area contributed by atoms with E-state index in [1.165, 1.54) is 5.56 Å². The Morgan fingerprint density at radius 2 is 2.06 bits per heavy atom. The summed E-state index contributed by atoms with van der Waals surface area (Å²) in [7, 11) is 0. The van der Waals surface area contributed by atoms with Crippen LogP contribution in [0.15, 0.2) is 41.1 Å². The molecule has 2 rings (SSSR count). The number of nitrogens with two attached hydrogens (primary N) is 1. The van der Waals surface area contributed by atoms with Gasteiger partial charge < -0.3 is 5.73 Å². The lowest BCUT2D eigenvalue weighted by Crippen LogP contribution is -2.11. The van der Waals surface area contributed by atoms with E-state index in [9.17, 15) is 0 Å². The molecule has 0 fully saturated rings. The fraction of sp³-hybridized carbons (Fsp3) is 0.231. The van der Waals surface area contributed by atoms with Crippen LogP contribution in [0.5, 0.6) is 0 Å². The summed E-state index contributed by atoms with van der Waals surface area (Å²) in [6.45, 7) is 0. The van der Waals surface area contributed by atoms with Gasteiger partial charge in [-0.1, -0.05) is 29.8 Å². The highest BCUT2D eigenvalue weighted by molar-refractivity contribution is 7.07. The first kappa shape index (κ1) is 11.6. The molecule has 84 valence electrons. The zero-order valence-electron chi connectivity index (χ0n) is 8.90. The van der Waals surface area contributed by atoms with E-state index in [-0.39, 0.29) is 6.04 Å². The highest BCUT2D eigenvalue weighted by Gasteiger charge is 2.09. The average Bonchev–Trinajstić information content (AvgIpc) is 2.79. The Hall–Kier alpha value is -0.830. The summed E-state index contributed by atoms with van der Waals surface area (Å²) < 4.78 is 0.